The van der Waals surface area contributed by atoms with Gasteiger partial charge in [0.15, 0.2) is 5.69 Å². The van der Waals surface area contributed by atoms with Crippen molar-refractivity contribution in [3.05, 3.63) is 63.4 Å². The summed E-state index contributed by atoms with van der Waals surface area (Å²) in [5, 5.41) is 4.16. The third kappa shape index (κ3) is 4.71. The number of fused-ring (bicyclic) bond motifs is 1. The van der Waals surface area contributed by atoms with E-state index >= 15 is 0 Å². The molecule has 152 valence electrons. The van der Waals surface area contributed by atoms with Gasteiger partial charge >= 0.3 is 12.1 Å². The minimum atomic E-state index is -4.82. The van der Waals surface area contributed by atoms with Crippen LogP contribution in [0.2, 0.25) is 10.0 Å². The zero-order chi connectivity index (χ0) is 21.2. The highest BCUT2D eigenvalue weighted by atomic mass is 35.5. The first-order valence-corrected chi connectivity index (χ1v) is 9.18. The van der Waals surface area contributed by atoms with Crippen LogP contribution in [0.4, 0.5) is 19.0 Å². The molecule has 0 saturated carbocycles. The molecule has 0 radical (unpaired) electrons. The van der Waals surface area contributed by atoms with Gasteiger partial charge in [-0.2, -0.15) is 13.2 Å². The molecule has 0 unspecified atom stereocenters. The molecule has 0 aliphatic heterocycles. The van der Waals surface area contributed by atoms with E-state index in [-0.39, 0.29) is 29.9 Å². The van der Waals surface area contributed by atoms with Crippen molar-refractivity contribution in [2.24, 2.45) is 0 Å². The van der Waals surface area contributed by atoms with Crippen LogP contribution in [-0.4, -0.2) is 22.5 Å². The third-order valence-corrected chi connectivity index (χ3v) is 4.56. The number of alkyl halides is 3. The number of carbonyl (C=O) groups is 1. The predicted octanol–water partition coefficient (Wildman–Crippen LogP) is 5.74. The van der Waals surface area contributed by atoms with Crippen molar-refractivity contribution in [3.63, 3.8) is 0 Å². The molecule has 0 aliphatic rings. The number of aromatic nitrogens is 2. The smallest absolute Gasteiger partial charge is 0.434 e. The molecule has 2 aromatic heterocycles. The van der Waals surface area contributed by atoms with E-state index in [0.29, 0.717) is 15.6 Å². The molecule has 0 spiro atoms. The van der Waals surface area contributed by atoms with Crippen molar-refractivity contribution < 1.29 is 22.7 Å². The van der Waals surface area contributed by atoms with E-state index in [1.807, 2.05) is 0 Å². The fourth-order valence-corrected chi connectivity index (χ4v) is 3.14. The maximum atomic E-state index is 13.4. The molecule has 1 aromatic carbocycles. The summed E-state index contributed by atoms with van der Waals surface area (Å²) in [6.45, 7) is 1.67. The van der Waals surface area contributed by atoms with E-state index in [2.05, 4.69) is 15.3 Å². The summed E-state index contributed by atoms with van der Waals surface area (Å²) in [4.78, 5) is 19.9. The van der Waals surface area contributed by atoms with E-state index in [1.165, 1.54) is 19.2 Å². The number of esters is 1. The average Bonchev–Trinajstić information content (AvgIpc) is 2.65. The predicted molar refractivity (Wildman–Crippen MR) is 104 cm³/mol. The third-order valence-electron chi connectivity index (χ3n) is 3.97. The number of anilines is 1. The normalized spacial score (nSPS) is 11.5. The van der Waals surface area contributed by atoms with Crippen LogP contribution in [0.15, 0.2) is 36.5 Å². The fraction of sp³-hybridized carbons (Fsp3) is 0.211. The minimum absolute atomic E-state index is 0.0325. The summed E-state index contributed by atoms with van der Waals surface area (Å²) in [7, 11) is 0. The molecule has 0 bridgehead atoms. The average molecular weight is 444 g/mol. The molecule has 2 heterocycles. The number of rotatable bonds is 5. The molecule has 0 atom stereocenters. The van der Waals surface area contributed by atoms with Gasteiger partial charge in [-0.1, -0.05) is 29.3 Å². The number of nitrogens with one attached hydrogen (secondary N) is 1. The first-order chi connectivity index (χ1) is 13.7. The molecule has 0 amide bonds. The fourth-order valence-electron chi connectivity index (χ4n) is 2.66. The Morgan fingerprint density at radius 3 is 2.62 bits per heavy atom. The summed E-state index contributed by atoms with van der Waals surface area (Å²) in [5.74, 6) is -0.856. The topological polar surface area (TPSA) is 64.1 Å². The van der Waals surface area contributed by atoms with Gasteiger partial charge in [0.25, 0.3) is 0 Å². The number of benzene rings is 1. The van der Waals surface area contributed by atoms with Crippen LogP contribution in [0.1, 0.15) is 28.5 Å². The molecule has 5 nitrogen and oxygen atoms in total. The van der Waals surface area contributed by atoms with Crippen LogP contribution < -0.4 is 5.32 Å². The van der Waals surface area contributed by atoms with Crippen molar-refractivity contribution in [3.8, 4) is 0 Å². The lowest BCUT2D eigenvalue weighted by molar-refractivity contribution is -0.141. The number of hydrogen-bond donors (Lipinski definition) is 1. The Labute approximate surface area is 173 Å². The second-order valence-electron chi connectivity index (χ2n) is 5.92. The van der Waals surface area contributed by atoms with Crippen LogP contribution >= 0.6 is 23.2 Å². The van der Waals surface area contributed by atoms with Crippen LogP contribution in [0, 0.1) is 0 Å². The molecule has 10 heteroatoms. The van der Waals surface area contributed by atoms with Crippen LogP contribution in [0.3, 0.4) is 0 Å². The van der Waals surface area contributed by atoms with Crippen molar-refractivity contribution >= 4 is 45.9 Å². The molecule has 29 heavy (non-hydrogen) atoms. The Kier molecular flexibility index (Phi) is 6.14. The van der Waals surface area contributed by atoms with E-state index in [4.69, 9.17) is 27.9 Å². The van der Waals surface area contributed by atoms with Crippen molar-refractivity contribution in [2.75, 3.05) is 11.9 Å². The van der Waals surface area contributed by atoms with Gasteiger partial charge in [-0.15, -0.1) is 0 Å². The van der Waals surface area contributed by atoms with Gasteiger partial charge in [0.05, 0.1) is 17.7 Å². The molecular weight excluding hydrogens is 430 g/mol. The molecular formula is C19H14Cl2F3N3O2. The van der Waals surface area contributed by atoms with Crippen LogP contribution in [0.5, 0.6) is 0 Å². The van der Waals surface area contributed by atoms with E-state index in [1.54, 1.807) is 18.2 Å². The Morgan fingerprint density at radius 1 is 1.21 bits per heavy atom. The number of carbonyl (C=O) groups excluding carboxylic acids is 1. The van der Waals surface area contributed by atoms with Gasteiger partial charge in [0.1, 0.15) is 5.82 Å². The second-order valence-corrected chi connectivity index (χ2v) is 6.76. The molecule has 3 rings (SSSR count). The van der Waals surface area contributed by atoms with Gasteiger partial charge in [0.2, 0.25) is 0 Å². The van der Waals surface area contributed by atoms with Crippen molar-refractivity contribution in [1.82, 2.24) is 9.97 Å². The number of pyridine rings is 2. The number of hydrogen-bond acceptors (Lipinski definition) is 5. The highest BCUT2D eigenvalue weighted by Gasteiger charge is 2.38. The highest BCUT2D eigenvalue weighted by molar-refractivity contribution is 6.35. The van der Waals surface area contributed by atoms with Gasteiger partial charge in [-0.05, 0) is 36.8 Å². The molecule has 3 aromatic rings. The molecule has 1 N–H and O–H groups in total. The van der Waals surface area contributed by atoms with Crippen LogP contribution in [0.25, 0.3) is 10.9 Å². The van der Waals surface area contributed by atoms with Gasteiger partial charge in [-0.25, -0.2) is 14.8 Å². The van der Waals surface area contributed by atoms with Crippen molar-refractivity contribution in [1.29, 1.82) is 0 Å². The maximum absolute atomic E-state index is 13.4. The Balaban J connectivity index is 2.04. The monoisotopic (exact) mass is 443 g/mol. The summed E-state index contributed by atoms with van der Waals surface area (Å²) in [6, 6.07) is 7.37. The molecule has 0 saturated heterocycles. The van der Waals surface area contributed by atoms with E-state index in [9.17, 15) is 18.0 Å². The number of ether oxygens (including phenoxy) is 1. The zero-order valence-electron chi connectivity index (χ0n) is 15.0. The standard InChI is InChI=1S/C19H14Cl2F3N3O2/c1-2-29-18(28)13-8-12-15(27-16(13)19(22,23)24)5-6-25-17(12)26-9-10-3-4-11(20)7-14(10)21/h3-8H,2,9H2,1H3,(H,25,26). The summed E-state index contributed by atoms with van der Waals surface area (Å²) < 4.78 is 44.9. The van der Waals surface area contributed by atoms with E-state index in [0.717, 1.165) is 6.07 Å². The first-order valence-electron chi connectivity index (χ1n) is 8.42. The largest absolute Gasteiger partial charge is 0.462 e. The van der Waals surface area contributed by atoms with E-state index < -0.39 is 23.4 Å². The minimum Gasteiger partial charge on any atom is -0.462 e. The Bertz CT molecular complexity index is 1070. The molecule has 0 fully saturated rings. The summed E-state index contributed by atoms with van der Waals surface area (Å²) in [5.41, 5.74) is -1.24. The van der Waals surface area contributed by atoms with Crippen molar-refractivity contribution in [2.45, 2.75) is 19.6 Å². The molecule has 0 aliphatic carbocycles. The first kappa shape index (κ1) is 21.1. The summed E-state index contributed by atoms with van der Waals surface area (Å²) in [6.07, 6.45) is -3.49. The van der Waals surface area contributed by atoms with Crippen LogP contribution in [-0.2, 0) is 17.5 Å². The Morgan fingerprint density at radius 2 is 1.97 bits per heavy atom. The maximum Gasteiger partial charge on any atom is 0.434 e. The lowest BCUT2D eigenvalue weighted by Gasteiger charge is -2.14. The SMILES string of the molecule is CCOC(=O)c1cc2c(NCc3ccc(Cl)cc3Cl)nccc2nc1C(F)(F)F. The quantitative estimate of drug-likeness (QED) is 0.509. The van der Waals surface area contributed by atoms with Gasteiger partial charge in [-0.3, -0.25) is 0 Å². The number of halogens is 5. The second kappa shape index (κ2) is 8.42. The zero-order valence-corrected chi connectivity index (χ0v) is 16.5. The highest BCUT2D eigenvalue weighted by Crippen LogP contribution is 2.34. The summed E-state index contributed by atoms with van der Waals surface area (Å²) >= 11 is 12.0. The number of nitrogens with zero attached hydrogens (tertiary/aromatic N) is 2. The van der Waals surface area contributed by atoms with Gasteiger partial charge in [0, 0.05) is 28.2 Å². The lowest BCUT2D eigenvalue weighted by atomic mass is 10.1. The lowest BCUT2D eigenvalue weighted by Crippen LogP contribution is -2.17. The van der Waals surface area contributed by atoms with Gasteiger partial charge < -0.3 is 10.1 Å². The Hall–Kier alpha value is -2.58.